The fourth-order valence-electron chi connectivity index (χ4n) is 5.70. The number of nitrogens with one attached hydrogen (secondary N) is 1. The highest BCUT2D eigenvalue weighted by molar-refractivity contribution is 6.12. The molecule has 39 heavy (non-hydrogen) atoms. The first-order chi connectivity index (χ1) is 18.1. The van der Waals surface area contributed by atoms with Gasteiger partial charge >= 0.3 is 6.09 Å². The number of likely N-dealkylation sites (tertiary alicyclic amines) is 1. The summed E-state index contributed by atoms with van der Waals surface area (Å²) in [6, 6.07) is -0.193. The lowest BCUT2D eigenvalue weighted by molar-refractivity contribution is -0.116. The summed E-state index contributed by atoms with van der Waals surface area (Å²) in [7, 11) is 1.58. The maximum atomic E-state index is 13.1. The van der Waals surface area contributed by atoms with Crippen LogP contribution in [-0.2, 0) is 9.53 Å². The van der Waals surface area contributed by atoms with Crippen molar-refractivity contribution in [2.75, 3.05) is 20.1 Å². The zero-order chi connectivity index (χ0) is 29.6. The summed E-state index contributed by atoms with van der Waals surface area (Å²) in [6.07, 6.45) is 9.80. The van der Waals surface area contributed by atoms with Gasteiger partial charge in [0, 0.05) is 44.2 Å². The molecule has 1 unspecified atom stereocenters. The summed E-state index contributed by atoms with van der Waals surface area (Å²) < 4.78 is 5.72. The van der Waals surface area contributed by atoms with E-state index >= 15 is 0 Å². The van der Waals surface area contributed by atoms with Crippen LogP contribution in [0.15, 0.2) is 58.0 Å². The van der Waals surface area contributed by atoms with Crippen molar-refractivity contribution in [1.82, 2.24) is 10.2 Å². The van der Waals surface area contributed by atoms with Gasteiger partial charge in [0.05, 0.1) is 11.6 Å². The zero-order valence-corrected chi connectivity index (χ0v) is 24.8. The third-order valence-corrected chi connectivity index (χ3v) is 8.27. The van der Waals surface area contributed by atoms with E-state index in [1.807, 2.05) is 27.0 Å². The van der Waals surface area contributed by atoms with E-state index in [1.165, 1.54) is 12.4 Å². The molecular weight excluding hydrogens is 492 g/mol. The topological polar surface area (TPSA) is 135 Å². The zero-order valence-electron chi connectivity index (χ0n) is 24.8. The number of nitrogens with zero attached hydrogens (tertiary/aromatic N) is 3. The van der Waals surface area contributed by atoms with E-state index in [0.29, 0.717) is 18.3 Å². The van der Waals surface area contributed by atoms with E-state index in [1.54, 1.807) is 11.9 Å². The second-order valence-corrected chi connectivity index (χ2v) is 11.9. The number of amides is 2. The first-order valence-electron chi connectivity index (χ1n) is 13.6. The highest BCUT2D eigenvalue weighted by Crippen LogP contribution is 2.71. The summed E-state index contributed by atoms with van der Waals surface area (Å²) in [5.74, 6) is 0.267. The lowest BCUT2D eigenvalue weighted by Crippen LogP contribution is -2.41. The van der Waals surface area contributed by atoms with Crippen LogP contribution in [0.2, 0.25) is 0 Å². The Morgan fingerprint density at radius 3 is 2.46 bits per heavy atom. The Bertz CT molecular complexity index is 1080. The number of rotatable bonds is 11. The lowest BCUT2D eigenvalue weighted by Gasteiger charge is -2.31. The molecule has 1 aliphatic carbocycles. The van der Waals surface area contributed by atoms with E-state index < -0.39 is 5.60 Å². The van der Waals surface area contributed by atoms with E-state index in [4.69, 9.17) is 16.2 Å². The van der Waals surface area contributed by atoms with Crippen LogP contribution in [0, 0.1) is 16.7 Å². The molecule has 9 heteroatoms. The van der Waals surface area contributed by atoms with Crippen LogP contribution in [0.5, 0.6) is 0 Å². The van der Waals surface area contributed by atoms with Crippen LogP contribution in [0.4, 0.5) is 4.79 Å². The Labute approximate surface area is 234 Å². The van der Waals surface area contributed by atoms with Gasteiger partial charge in [0.2, 0.25) is 0 Å². The molecular formula is C30H48N6O3. The van der Waals surface area contributed by atoms with Crippen molar-refractivity contribution in [1.29, 1.82) is 0 Å². The van der Waals surface area contributed by atoms with Crippen molar-refractivity contribution in [2.24, 2.45) is 38.2 Å². The summed E-state index contributed by atoms with van der Waals surface area (Å²) in [5, 5.41) is 2.89. The molecule has 4 atom stereocenters. The molecule has 0 bridgehead atoms. The lowest BCUT2D eigenvalue weighted by atomic mass is 9.94. The number of carbonyl (C=O) groups is 2. The fraction of sp³-hybridized carbons (Fsp3) is 0.600. The Morgan fingerprint density at radius 1 is 1.26 bits per heavy atom. The van der Waals surface area contributed by atoms with Crippen LogP contribution in [-0.4, -0.2) is 61.1 Å². The van der Waals surface area contributed by atoms with Gasteiger partial charge in [-0.3, -0.25) is 9.79 Å². The second kappa shape index (κ2) is 12.7. The number of ether oxygens (including phenoxy) is 1. The van der Waals surface area contributed by atoms with Gasteiger partial charge in [-0.15, -0.1) is 0 Å². The van der Waals surface area contributed by atoms with Gasteiger partial charge in [0.15, 0.2) is 0 Å². The van der Waals surface area contributed by atoms with Crippen molar-refractivity contribution in [2.45, 2.75) is 78.9 Å². The van der Waals surface area contributed by atoms with E-state index in [2.05, 4.69) is 55.3 Å². The maximum Gasteiger partial charge on any atom is 0.410 e. The highest BCUT2D eigenvalue weighted by Gasteiger charge is 2.67. The second-order valence-electron chi connectivity index (χ2n) is 11.9. The monoisotopic (exact) mass is 540 g/mol. The number of carbonyl (C=O) groups excluding carboxylic acids is 2. The number of aliphatic imine (C=N–C) groups is 2. The minimum atomic E-state index is -0.601. The Hall–Kier alpha value is -3.36. The van der Waals surface area contributed by atoms with E-state index in [9.17, 15) is 9.59 Å². The third kappa shape index (κ3) is 7.40. The number of allylic oxidation sites excluding steroid dienone is 1. The molecule has 1 saturated heterocycles. The largest absolute Gasteiger partial charge is 0.444 e. The fourth-order valence-corrected chi connectivity index (χ4v) is 5.70. The van der Waals surface area contributed by atoms with Crippen LogP contribution in [0.1, 0.15) is 67.2 Å². The van der Waals surface area contributed by atoms with Gasteiger partial charge in [-0.25, -0.2) is 9.79 Å². The Morgan fingerprint density at radius 2 is 1.92 bits per heavy atom. The average molecular weight is 541 g/mol. The van der Waals surface area contributed by atoms with Crippen molar-refractivity contribution < 1.29 is 14.3 Å². The van der Waals surface area contributed by atoms with Gasteiger partial charge in [-0.05, 0) is 68.9 Å². The standard InChI is InChI=1S/C30H48N6O3/c1-10-29(7)25(30(29,8)19-35-21(3)32)14-13-23(20(2)17-34-26(37)22(16-31)18-33-9)24-12-11-15-36(24)27(38)39-28(4,5)6/h13,16,18-19,24-25H,2-3,10-12,14-15,17,31-32H2,1,4-9H3,(H,34,37)/b22-16?,23-13+,33-18?,35-19?/t24-,25-,29?,30-/m0/s1. The summed E-state index contributed by atoms with van der Waals surface area (Å²) in [4.78, 5) is 35.7. The SMILES string of the molecule is C=C(N)N=C[C@@]1(C)[C@@H](C/C=C(\C(=C)CNC(=O)C(C=NC)=CN)[C@@H]2CCCN2C(=O)OC(C)(C)C)C1(C)CC. The van der Waals surface area contributed by atoms with Gasteiger partial charge < -0.3 is 26.4 Å². The molecule has 0 aromatic rings. The molecule has 2 aliphatic rings. The molecule has 216 valence electrons. The molecule has 9 nitrogen and oxygen atoms in total. The Kier molecular flexibility index (Phi) is 10.3. The number of nitrogens with two attached hydrogens (primary N) is 2. The quantitative estimate of drug-likeness (QED) is 0.202. The van der Waals surface area contributed by atoms with Crippen LogP contribution in [0.25, 0.3) is 0 Å². The first kappa shape index (κ1) is 31.9. The molecule has 2 fully saturated rings. The van der Waals surface area contributed by atoms with Gasteiger partial charge in [0.25, 0.3) is 5.91 Å². The maximum absolute atomic E-state index is 13.1. The van der Waals surface area contributed by atoms with E-state index in [-0.39, 0.29) is 41.0 Å². The first-order valence-corrected chi connectivity index (χ1v) is 13.6. The molecule has 0 aromatic heterocycles. The number of hydrogen-bond acceptors (Lipinski definition) is 7. The Balaban J connectivity index is 2.37. The summed E-state index contributed by atoms with van der Waals surface area (Å²) in [6.45, 7) is 21.1. The molecule has 0 radical (unpaired) electrons. The minimum Gasteiger partial charge on any atom is -0.444 e. The average Bonchev–Trinajstić information content (AvgIpc) is 3.15. The van der Waals surface area contributed by atoms with Crippen LogP contribution >= 0.6 is 0 Å². The van der Waals surface area contributed by atoms with Crippen molar-refractivity contribution in [3.05, 3.63) is 48.0 Å². The predicted octanol–water partition coefficient (Wildman–Crippen LogP) is 4.47. The molecule has 5 N–H and O–H groups in total. The van der Waals surface area contributed by atoms with Gasteiger partial charge in [-0.2, -0.15) is 0 Å². The summed E-state index contributed by atoms with van der Waals surface area (Å²) >= 11 is 0. The van der Waals surface area contributed by atoms with Gasteiger partial charge in [-0.1, -0.05) is 40.0 Å². The van der Waals surface area contributed by atoms with Crippen molar-refractivity contribution in [3.63, 3.8) is 0 Å². The molecule has 1 aliphatic heterocycles. The third-order valence-electron chi connectivity index (χ3n) is 8.27. The molecule has 2 rings (SSSR count). The van der Waals surface area contributed by atoms with Crippen LogP contribution < -0.4 is 16.8 Å². The van der Waals surface area contributed by atoms with Crippen molar-refractivity contribution >= 4 is 24.4 Å². The normalized spacial score (nSPS) is 27.7. The van der Waals surface area contributed by atoms with Gasteiger partial charge in [0.1, 0.15) is 11.4 Å². The molecule has 0 aromatic carbocycles. The van der Waals surface area contributed by atoms with Crippen LogP contribution in [0.3, 0.4) is 0 Å². The highest BCUT2D eigenvalue weighted by atomic mass is 16.6. The molecule has 1 heterocycles. The molecule has 0 spiro atoms. The molecule has 1 saturated carbocycles. The molecule has 2 amide bonds. The smallest absolute Gasteiger partial charge is 0.410 e. The summed E-state index contributed by atoms with van der Waals surface area (Å²) in [5.41, 5.74) is 12.6. The number of hydrogen-bond donors (Lipinski definition) is 3. The van der Waals surface area contributed by atoms with Crippen molar-refractivity contribution in [3.8, 4) is 0 Å². The minimum absolute atomic E-state index is 0.0456. The van der Waals surface area contributed by atoms with E-state index in [0.717, 1.165) is 36.8 Å². The predicted molar refractivity (Wildman–Crippen MR) is 159 cm³/mol.